The van der Waals surface area contributed by atoms with E-state index in [-0.39, 0.29) is 0 Å². The van der Waals surface area contributed by atoms with Crippen molar-refractivity contribution in [3.05, 3.63) is 137 Å². The monoisotopic (exact) mass is 488 g/mol. The summed E-state index contributed by atoms with van der Waals surface area (Å²) in [6.07, 6.45) is 0. The van der Waals surface area contributed by atoms with Crippen molar-refractivity contribution in [2.75, 3.05) is 0 Å². The number of fused-ring (bicyclic) bond motifs is 1. The Morgan fingerprint density at radius 3 is 1.63 bits per heavy atom. The van der Waals surface area contributed by atoms with Crippen LogP contribution in [0.5, 0.6) is 0 Å². The molecular formula is C34H24N4. The van der Waals surface area contributed by atoms with Gasteiger partial charge in [0.1, 0.15) is 0 Å². The predicted octanol–water partition coefficient (Wildman–Crippen LogP) is 8.79. The Morgan fingerprint density at radius 1 is 0.632 bits per heavy atom. The standard InChI is InChI=1S/C34H24N4/c1-23-12-16-26(17-13-23)37-31(28-9-5-4-8-25(28)22-35)20-33-34(37)21-32(29-10-6-7-11-30(29)36-3)38(33)27-18-14-24(2)15-19-27/h4-21H,1-2H3. The SMILES string of the molecule is [C-]#[N+]c1ccccc1-c1cc2c(cc(-c3ccccc3C#N)n2-c2ccc(C)cc2)n1-c1ccc(C)cc1. The van der Waals surface area contributed by atoms with Gasteiger partial charge in [0.15, 0.2) is 5.69 Å². The van der Waals surface area contributed by atoms with Gasteiger partial charge in [-0.1, -0.05) is 77.9 Å². The van der Waals surface area contributed by atoms with Crippen LogP contribution in [-0.4, -0.2) is 9.13 Å². The molecule has 0 aliphatic rings. The van der Waals surface area contributed by atoms with Crippen molar-refractivity contribution in [3.63, 3.8) is 0 Å². The van der Waals surface area contributed by atoms with Crippen LogP contribution in [0.25, 0.3) is 49.8 Å². The Morgan fingerprint density at radius 2 is 1.11 bits per heavy atom. The minimum absolute atomic E-state index is 0.609. The number of aromatic nitrogens is 2. The molecule has 0 radical (unpaired) electrons. The summed E-state index contributed by atoms with van der Waals surface area (Å²) < 4.78 is 4.45. The molecule has 4 nitrogen and oxygen atoms in total. The quantitative estimate of drug-likeness (QED) is 0.229. The first-order valence-corrected chi connectivity index (χ1v) is 12.5. The Bertz CT molecular complexity index is 1750. The molecule has 2 heterocycles. The van der Waals surface area contributed by atoms with E-state index in [1.807, 2.05) is 48.5 Å². The smallest absolute Gasteiger partial charge is 0.196 e. The molecule has 0 N–H and O–H groups in total. The fourth-order valence-electron chi connectivity index (χ4n) is 5.09. The van der Waals surface area contributed by atoms with E-state index in [2.05, 4.69) is 94.6 Å². The molecule has 4 heteroatoms. The average molecular weight is 489 g/mol. The normalized spacial score (nSPS) is 10.8. The summed E-state index contributed by atoms with van der Waals surface area (Å²) in [5.74, 6) is 0. The van der Waals surface area contributed by atoms with Gasteiger partial charge in [0.05, 0.1) is 34.9 Å². The van der Waals surface area contributed by atoms with Crippen LogP contribution in [0.15, 0.2) is 109 Å². The van der Waals surface area contributed by atoms with Gasteiger partial charge in [-0.15, -0.1) is 0 Å². The molecule has 4 aromatic carbocycles. The molecule has 0 fully saturated rings. The third kappa shape index (κ3) is 3.77. The Kier molecular flexibility index (Phi) is 5.64. The lowest BCUT2D eigenvalue weighted by Crippen LogP contribution is -1.98. The Labute approximate surface area is 222 Å². The number of hydrogen-bond acceptors (Lipinski definition) is 1. The molecule has 0 aliphatic carbocycles. The number of nitrogens with zero attached hydrogens (tertiary/aromatic N) is 4. The minimum atomic E-state index is 0.609. The number of nitriles is 1. The van der Waals surface area contributed by atoms with Crippen LogP contribution in [0.2, 0.25) is 0 Å². The molecule has 0 saturated carbocycles. The molecule has 38 heavy (non-hydrogen) atoms. The highest BCUT2D eigenvalue weighted by molar-refractivity contribution is 5.96. The number of hydrogen-bond donors (Lipinski definition) is 0. The van der Waals surface area contributed by atoms with Crippen LogP contribution in [0, 0.1) is 31.8 Å². The molecule has 0 spiro atoms. The molecule has 0 unspecified atom stereocenters. The number of aryl methyl sites for hydroxylation is 2. The van der Waals surface area contributed by atoms with E-state index in [0.717, 1.165) is 44.9 Å². The van der Waals surface area contributed by atoms with Gasteiger partial charge in [-0.05, 0) is 56.3 Å². The zero-order valence-corrected chi connectivity index (χ0v) is 21.2. The maximum absolute atomic E-state index is 9.92. The second-order valence-electron chi connectivity index (χ2n) is 9.46. The summed E-state index contributed by atoms with van der Waals surface area (Å²) >= 11 is 0. The van der Waals surface area contributed by atoms with E-state index < -0.39 is 0 Å². The van der Waals surface area contributed by atoms with Crippen molar-refractivity contribution >= 4 is 16.7 Å². The minimum Gasteiger partial charge on any atom is -0.309 e. The van der Waals surface area contributed by atoms with E-state index in [1.165, 1.54) is 11.1 Å². The zero-order valence-electron chi connectivity index (χ0n) is 21.2. The zero-order chi connectivity index (χ0) is 26.2. The topological polar surface area (TPSA) is 38.0 Å². The van der Waals surface area contributed by atoms with E-state index in [9.17, 15) is 5.26 Å². The summed E-state index contributed by atoms with van der Waals surface area (Å²) in [7, 11) is 0. The third-order valence-electron chi connectivity index (χ3n) is 6.98. The highest BCUT2D eigenvalue weighted by Crippen LogP contribution is 2.41. The van der Waals surface area contributed by atoms with Gasteiger partial charge in [-0.25, -0.2) is 4.85 Å². The maximum Gasteiger partial charge on any atom is 0.196 e. The molecule has 0 bridgehead atoms. The second kappa shape index (κ2) is 9.28. The highest BCUT2D eigenvalue weighted by atomic mass is 15.1. The first kappa shape index (κ1) is 23.1. The molecule has 180 valence electrons. The average Bonchev–Trinajstić information content (AvgIpc) is 3.50. The van der Waals surface area contributed by atoms with E-state index in [4.69, 9.17) is 6.57 Å². The number of rotatable bonds is 4. The lowest BCUT2D eigenvalue weighted by molar-refractivity contribution is 1.13. The van der Waals surface area contributed by atoms with Gasteiger partial charge >= 0.3 is 0 Å². The molecule has 0 amide bonds. The summed E-state index contributed by atoms with van der Waals surface area (Å²) in [6.45, 7) is 12.0. The van der Waals surface area contributed by atoms with Crippen molar-refractivity contribution in [1.82, 2.24) is 9.13 Å². The molecular weight excluding hydrogens is 464 g/mol. The summed E-state index contributed by atoms with van der Waals surface area (Å²) in [6, 6.07) is 39.1. The van der Waals surface area contributed by atoms with Crippen LogP contribution in [0.1, 0.15) is 16.7 Å². The van der Waals surface area contributed by atoms with E-state index in [0.29, 0.717) is 11.3 Å². The highest BCUT2D eigenvalue weighted by Gasteiger charge is 2.22. The largest absolute Gasteiger partial charge is 0.309 e. The van der Waals surface area contributed by atoms with E-state index in [1.54, 1.807) is 0 Å². The van der Waals surface area contributed by atoms with Crippen molar-refractivity contribution < 1.29 is 0 Å². The lowest BCUT2D eigenvalue weighted by atomic mass is 10.1. The fraction of sp³-hybridized carbons (Fsp3) is 0.0588. The first-order chi connectivity index (χ1) is 18.6. The molecule has 6 aromatic rings. The van der Waals surface area contributed by atoms with Crippen LogP contribution < -0.4 is 0 Å². The van der Waals surface area contributed by atoms with Gasteiger partial charge in [0.25, 0.3) is 0 Å². The molecule has 0 aliphatic heterocycles. The molecule has 0 saturated heterocycles. The van der Waals surface area contributed by atoms with Crippen LogP contribution >= 0.6 is 0 Å². The van der Waals surface area contributed by atoms with Crippen LogP contribution in [0.4, 0.5) is 5.69 Å². The molecule has 0 atom stereocenters. The summed E-state index contributed by atoms with van der Waals surface area (Å²) in [5, 5.41) is 9.92. The Balaban J connectivity index is 1.76. The van der Waals surface area contributed by atoms with Crippen molar-refractivity contribution in [2.45, 2.75) is 13.8 Å². The number of benzene rings is 4. The van der Waals surface area contributed by atoms with Crippen molar-refractivity contribution in [3.8, 4) is 40.0 Å². The third-order valence-corrected chi connectivity index (χ3v) is 6.98. The Hall–Kier alpha value is -5.32. The lowest BCUT2D eigenvalue weighted by Gasteiger charge is -2.13. The van der Waals surface area contributed by atoms with Crippen LogP contribution in [0.3, 0.4) is 0 Å². The second-order valence-corrected chi connectivity index (χ2v) is 9.46. The van der Waals surface area contributed by atoms with Gasteiger partial charge in [-0.3, -0.25) is 0 Å². The van der Waals surface area contributed by atoms with Crippen LogP contribution in [-0.2, 0) is 0 Å². The summed E-state index contributed by atoms with van der Waals surface area (Å²) in [4.78, 5) is 3.82. The van der Waals surface area contributed by atoms with E-state index >= 15 is 0 Å². The van der Waals surface area contributed by atoms with Gasteiger partial charge in [0, 0.05) is 28.2 Å². The van der Waals surface area contributed by atoms with Gasteiger partial charge < -0.3 is 9.13 Å². The number of para-hydroxylation sites is 1. The fourth-order valence-corrected chi connectivity index (χ4v) is 5.09. The maximum atomic E-state index is 9.92. The summed E-state index contributed by atoms with van der Waals surface area (Å²) in [5.41, 5.74) is 11.3. The molecule has 6 rings (SSSR count). The van der Waals surface area contributed by atoms with Crippen molar-refractivity contribution in [2.24, 2.45) is 0 Å². The predicted molar refractivity (Wildman–Crippen MR) is 154 cm³/mol. The molecule has 2 aromatic heterocycles. The van der Waals surface area contributed by atoms with Gasteiger partial charge in [-0.2, -0.15) is 5.26 Å². The van der Waals surface area contributed by atoms with Crippen molar-refractivity contribution in [1.29, 1.82) is 5.26 Å². The first-order valence-electron chi connectivity index (χ1n) is 12.5. The van der Waals surface area contributed by atoms with Gasteiger partial charge in [0.2, 0.25) is 0 Å².